The fourth-order valence-electron chi connectivity index (χ4n) is 3.62. The monoisotopic (exact) mass is 387 g/mol. The molecule has 0 fully saturated rings. The molecule has 0 amide bonds. The first-order valence-corrected chi connectivity index (χ1v) is 9.12. The van der Waals surface area contributed by atoms with Crippen LogP contribution in [0.4, 0.5) is 17.1 Å². The third kappa shape index (κ3) is 3.16. The number of nitro benzene ring substituents is 2. The molecule has 0 saturated heterocycles. The first kappa shape index (κ1) is 18.5. The number of rotatable bonds is 4. The summed E-state index contributed by atoms with van der Waals surface area (Å²) in [5.74, 6) is 0.228. The molecule has 0 aliphatic heterocycles. The van der Waals surface area contributed by atoms with E-state index in [1.807, 2.05) is 24.3 Å². The lowest BCUT2D eigenvalue weighted by molar-refractivity contribution is -0.385. The van der Waals surface area contributed by atoms with Crippen molar-refractivity contribution >= 4 is 22.8 Å². The van der Waals surface area contributed by atoms with Crippen LogP contribution in [-0.2, 0) is 0 Å². The molecule has 7 heteroatoms. The van der Waals surface area contributed by atoms with Crippen LogP contribution < -0.4 is 0 Å². The lowest BCUT2D eigenvalue weighted by Crippen LogP contribution is -2.01. The highest BCUT2D eigenvalue weighted by atomic mass is 16.6. The van der Waals surface area contributed by atoms with Gasteiger partial charge in [0.2, 0.25) is 0 Å². The molecule has 0 spiro atoms. The Morgan fingerprint density at radius 1 is 0.759 bits per heavy atom. The Hall–Kier alpha value is -3.87. The van der Waals surface area contributed by atoms with E-state index in [4.69, 9.17) is 4.99 Å². The molecule has 7 nitrogen and oxygen atoms in total. The number of non-ortho nitro benzene ring substituents is 2. The average molecular weight is 387 g/mol. The van der Waals surface area contributed by atoms with Crippen molar-refractivity contribution in [1.82, 2.24) is 0 Å². The molecule has 0 unspecified atom stereocenters. The predicted molar refractivity (Wildman–Crippen MR) is 111 cm³/mol. The molecule has 4 rings (SSSR count). The molecule has 0 saturated carbocycles. The fraction of sp³-hybridized carbons (Fsp3) is 0.136. The van der Waals surface area contributed by atoms with Gasteiger partial charge in [-0.2, -0.15) is 0 Å². The Bertz CT molecular complexity index is 1130. The van der Waals surface area contributed by atoms with Crippen LogP contribution in [0.15, 0.2) is 65.7 Å². The van der Waals surface area contributed by atoms with Crippen LogP contribution in [0, 0.1) is 20.2 Å². The van der Waals surface area contributed by atoms with Crippen LogP contribution in [0.25, 0.3) is 11.1 Å². The van der Waals surface area contributed by atoms with Crippen LogP contribution in [0.3, 0.4) is 0 Å². The average Bonchev–Trinajstić information content (AvgIpc) is 3.00. The maximum Gasteiger partial charge on any atom is 0.270 e. The summed E-state index contributed by atoms with van der Waals surface area (Å²) in [6.07, 6.45) is 0. The number of aliphatic imine (C=N–C) groups is 1. The molecule has 0 radical (unpaired) electrons. The molecule has 0 atom stereocenters. The van der Waals surface area contributed by atoms with Crippen molar-refractivity contribution in [3.8, 4) is 11.1 Å². The van der Waals surface area contributed by atoms with Crippen LogP contribution >= 0.6 is 0 Å². The number of nitrogens with zero attached hydrogens (tertiary/aromatic N) is 3. The van der Waals surface area contributed by atoms with E-state index in [1.54, 1.807) is 12.1 Å². The summed E-state index contributed by atoms with van der Waals surface area (Å²) >= 11 is 0. The van der Waals surface area contributed by atoms with Crippen LogP contribution in [0.1, 0.15) is 36.5 Å². The van der Waals surface area contributed by atoms with Gasteiger partial charge < -0.3 is 0 Å². The van der Waals surface area contributed by atoms with Crippen molar-refractivity contribution in [2.75, 3.05) is 0 Å². The second kappa shape index (κ2) is 6.94. The second-order valence-electron chi connectivity index (χ2n) is 7.15. The highest BCUT2D eigenvalue weighted by Gasteiger charge is 2.29. The first-order chi connectivity index (χ1) is 13.9. The highest BCUT2D eigenvalue weighted by molar-refractivity contribution is 6.25. The summed E-state index contributed by atoms with van der Waals surface area (Å²) in [5.41, 5.74) is 4.96. The Kier molecular flexibility index (Phi) is 4.43. The van der Waals surface area contributed by atoms with E-state index < -0.39 is 9.85 Å². The Morgan fingerprint density at radius 3 is 1.76 bits per heavy atom. The summed E-state index contributed by atoms with van der Waals surface area (Å²) in [5, 5.41) is 22.6. The molecule has 1 aliphatic carbocycles. The van der Waals surface area contributed by atoms with Crippen LogP contribution in [0.5, 0.6) is 0 Å². The first-order valence-electron chi connectivity index (χ1n) is 9.12. The van der Waals surface area contributed by atoms with Gasteiger partial charge in [0, 0.05) is 35.4 Å². The number of para-hydroxylation sites is 1. The van der Waals surface area contributed by atoms with Gasteiger partial charge in [-0.15, -0.1) is 0 Å². The minimum absolute atomic E-state index is 0.0455. The topological polar surface area (TPSA) is 98.6 Å². The van der Waals surface area contributed by atoms with E-state index in [9.17, 15) is 20.2 Å². The molecule has 0 aromatic heterocycles. The van der Waals surface area contributed by atoms with Gasteiger partial charge in [-0.1, -0.05) is 32.0 Å². The molecular weight excluding hydrogens is 370 g/mol. The van der Waals surface area contributed by atoms with Crippen LogP contribution in [-0.4, -0.2) is 15.6 Å². The van der Waals surface area contributed by atoms with E-state index in [1.165, 1.54) is 24.3 Å². The fourth-order valence-corrected chi connectivity index (χ4v) is 3.62. The zero-order valence-corrected chi connectivity index (χ0v) is 15.8. The SMILES string of the molecule is CC(C)c1ccccc1N=C1c2cc([N+](=O)[O-])ccc2-c2ccc([N+](=O)[O-])cc21. The van der Waals surface area contributed by atoms with Crippen molar-refractivity contribution in [3.63, 3.8) is 0 Å². The summed E-state index contributed by atoms with van der Waals surface area (Å²) in [7, 11) is 0. The van der Waals surface area contributed by atoms with E-state index in [-0.39, 0.29) is 17.3 Å². The lowest BCUT2D eigenvalue weighted by Gasteiger charge is -2.10. The maximum absolute atomic E-state index is 11.3. The van der Waals surface area contributed by atoms with Gasteiger partial charge in [0.15, 0.2) is 0 Å². The minimum atomic E-state index is -0.453. The standard InChI is InChI=1S/C22H17N3O4/c1-13(2)16-5-3-4-6-21(16)23-22-19-11-14(24(26)27)7-9-17(19)18-10-8-15(25(28)29)12-20(18)22/h3-13H,1-2H3. The van der Waals surface area contributed by atoms with Gasteiger partial charge in [0.05, 0.1) is 21.2 Å². The zero-order valence-electron chi connectivity index (χ0n) is 15.8. The van der Waals surface area contributed by atoms with E-state index in [2.05, 4.69) is 13.8 Å². The third-order valence-electron chi connectivity index (χ3n) is 5.02. The maximum atomic E-state index is 11.3. The Labute approximate surface area is 166 Å². The van der Waals surface area contributed by atoms with E-state index >= 15 is 0 Å². The molecule has 3 aromatic rings. The van der Waals surface area contributed by atoms with Gasteiger partial charge >= 0.3 is 0 Å². The van der Waals surface area contributed by atoms with Crippen molar-refractivity contribution < 1.29 is 9.85 Å². The highest BCUT2D eigenvalue weighted by Crippen LogP contribution is 2.41. The number of nitro groups is 2. The number of fused-ring (bicyclic) bond motifs is 3. The summed E-state index contributed by atoms with van der Waals surface area (Å²) in [6.45, 7) is 4.12. The largest absolute Gasteiger partial charge is 0.270 e. The normalized spacial score (nSPS) is 11.9. The summed E-state index contributed by atoms with van der Waals surface area (Å²) in [6, 6.07) is 16.9. The molecule has 3 aromatic carbocycles. The predicted octanol–water partition coefficient (Wildman–Crippen LogP) is 5.78. The third-order valence-corrected chi connectivity index (χ3v) is 5.02. The van der Waals surface area contributed by atoms with Crippen molar-refractivity contribution in [3.05, 3.63) is 97.6 Å². The van der Waals surface area contributed by atoms with Gasteiger partial charge in [-0.05, 0) is 40.8 Å². The minimum Gasteiger partial charge on any atom is -0.258 e. The van der Waals surface area contributed by atoms with Gasteiger partial charge in [-0.3, -0.25) is 20.2 Å². The molecule has 29 heavy (non-hydrogen) atoms. The smallest absolute Gasteiger partial charge is 0.258 e. The van der Waals surface area contributed by atoms with Crippen molar-refractivity contribution in [2.45, 2.75) is 19.8 Å². The molecule has 0 N–H and O–H groups in total. The number of hydrogen-bond acceptors (Lipinski definition) is 5. The van der Waals surface area contributed by atoms with Gasteiger partial charge in [0.25, 0.3) is 11.4 Å². The molecular formula is C22H17N3O4. The molecule has 0 bridgehead atoms. The summed E-state index contributed by atoms with van der Waals surface area (Å²) < 4.78 is 0. The van der Waals surface area contributed by atoms with Crippen molar-refractivity contribution in [1.29, 1.82) is 0 Å². The number of hydrogen-bond donors (Lipinski definition) is 0. The second-order valence-corrected chi connectivity index (χ2v) is 7.15. The number of benzene rings is 3. The van der Waals surface area contributed by atoms with E-state index in [0.717, 1.165) is 22.4 Å². The van der Waals surface area contributed by atoms with Crippen molar-refractivity contribution in [2.24, 2.45) is 4.99 Å². The van der Waals surface area contributed by atoms with Crippen LogP contribution in [0.2, 0.25) is 0 Å². The van der Waals surface area contributed by atoms with Gasteiger partial charge in [0.1, 0.15) is 0 Å². The molecule has 1 aliphatic rings. The Morgan fingerprint density at radius 2 is 1.28 bits per heavy atom. The van der Waals surface area contributed by atoms with E-state index in [0.29, 0.717) is 16.8 Å². The lowest BCUT2D eigenvalue weighted by atomic mass is 10.0. The molecule has 0 heterocycles. The molecule has 144 valence electrons. The zero-order chi connectivity index (χ0) is 20.7. The summed E-state index contributed by atoms with van der Waals surface area (Å²) in [4.78, 5) is 26.5. The van der Waals surface area contributed by atoms with Gasteiger partial charge in [-0.25, -0.2) is 4.99 Å². The Balaban J connectivity index is 2.01. The quantitative estimate of drug-likeness (QED) is 0.327.